The van der Waals surface area contributed by atoms with Crippen LogP contribution in [0.4, 0.5) is 5.82 Å². The van der Waals surface area contributed by atoms with Crippen LogP contribution < -0.4 is 15.5 Å². The van der Waals surface area contributed by atoms with E-state index in [0.717, 1.165) is 11.1 Å². The Bertz CT molecular complexity index is 1730. The monoisotopic (exact) mass is 480 g/mol. The van der Waals surface area contributed by atoms with Gasteiger partial charge in [0.1, 0.15) is 11.9 Å². The van der Waals surface area contributed by atoms with Crippen molar-refractivity contribution in [2.24, 2.45) is 0 Å². The van der Waals surface area contributed by atoms with Crippen molar-refractivity contribution >= 4 is 22.8 Å². The molecule has 0 saturated heterocycles. The molecule has 0 fully saturated rings. The highest BCUT2D eigenvalue weighted by Crippen LogP contribution is 2.43. The molecule has 9 nitrogen and oxygen atoms in total. The van der Waals surface area contributed by atoms with E-state index in [1.807, 2.05) is 30.3 Å². The summed E-state index contributed by atoms with van der Waals surface area (Å²) in [6, 6.07) is 21.6. The van der Waals surface area contributed by atoms with Crippen LogP contribution in [0.1, 0.15) is 33.2 Å². The number of hydrogen-bond acceptors (Lipinski definition) is 6. The van der Waals surface area contributed by atoms with Gasteiger partial charge in [-0.2, -0.15) is 4.89 Å². The summed E-state index contributed by atoms with van der Waals surface area (Å²) >= 11 is 0. The van der Waals surface area contributed by atoms with Gasteiger partial charge in [0.15, 0.2) is 11.3 Å². The van der Waals surface area contributed by atoms with E-state index in [4.69, 9.17) is 14.2 Å². The molecule has 0 bridgehead atoms. The van der Waals surface area contributed by atoms with E-state index in [0.29, 0.717) is 39.1 Å². The Labute approximate surface area is 203 Å². The summed E-state index contributed by atoms with van der Waals surface area (Å²) in [5, 5.41) is 13.5. The number of nitrogens with zero attached hydrogens (tertiary/aromatic N) is 3. The fraction of sp³-hybridized carbons (Fsp3) is 0.111. The average molecular weight is 480 g/mol. The number of anilines is 1. The molecule has 36 heavy (non-hydrogen) atoms. The van der Waals surface area contributed by atoms with Gasteiger partial charge in [-0.15, -0.1) is 0 Å². The van der Waals surface area contributed by atoms with Gasteiger partial charge in [0.25, 0.3) is 5.91 Å². The Hall–Kier alpha value is -4.76. The quantitative estimate of drug-likeness (QED) is 0.353. The standard InChI is InChI=1S/C27H18N3O6/c31-26-18-9-3-1-8-17(18)14-28(26)25-24(23-13-16-7-2-5-11-21(16)35-36-23)20(15-29(25)33)30-19-10-4-6-12-22(19)34-27(30)32/h1-12,15,23H,13-14H2/q-1. The van der Waals surface area contributed by atoms with Crippen LogP contribution in [0.5, 0.6) is 5.75 Å². The number of rotatable bonds is 3. The molecule has 2 aromatic heterocycles. The normalized spacial score (nSPS) is 16.7. The number of fused-ring (bicyclic) bond motifs is 3. The van der Waals surface area contributed by atoms with Gasteiger partial charge < -0.3 is 19.2 Å². The SMILES string of the molecule is O=C1c2ccccc2CN1c1c(C2Cc3ccccc3OO2)c(-n2c(=O)oc3ccccc32)cn1[O-]. The zero-order valence-corrected chi connectivity index (χ0v) is 18.8. The van der Waals surface area contributed by atoms with Crippen LogP contribution in [-0.2, 0) is 17.9 Å². The first kappa shape index (κ1) is 20.6. The fourth-order valence-corrected chi connectivity index (χ4v) is 5.09. The van der Waals surface area contributed by atoms with Crippen LogP contribution in [-0.4, -0.2) is 15.2 Å². The molecule has 2 aliphatic heterocycles. The van der Waals surface area contributed by atoms with Crippen LogP contribution in [0.15, 0.2) is 88.2 Å². The minimum Gasteiger partial charge on any atom is -0.805 e. The first-order valence-corrected chi connectivity index (χ1v) is 11.4. The highest BCUT2D eigenvalue weighted by atomic mass is 17.2. The number of hydrogen-bond donors (Lipinski definition) is 0. The second kappa shape index (κ2) is 7.62. The van der Waals surface area contributed by atoms with Crippen LogP contribution in [0.2, 0.25) is 0 Å². The summed E-state index contributed by atoms with van der Waals surface area (Å²) in [5.74, 6) is -0.275. The van der Waals surface area contributed by atoms with E-state index < -0.39 is 11.9 Å². The first-order chi connectivity index (χ1) is 17.6. The third kappa shape index (κ3) is 2.93. The highest BCUT2D eigenvalue weighted by Gasteiger charge is 2.37. The maximum Gasteiger partial charge on any atom is 0.424 e. The van der Waals surface area contributed by atoms with Crippen molar-refractivity contribution in [3.63, 3.8) is 0 Å². The summed E-state index contributed by atoms with van der Waals surface area (Å²) in [4.78, 5) is 39.1. The minimum absolute atomic E-state index is 0.0939. The molecule has 9 heteroatoms. The molecule has 7 rings (SSSR count). The van der Waals surface area contributed by atoms with Gasteiger partial charge in [0.2, 0.25) is 0 Å². The lowest BCUT2D eigenvalue weighted by Gasteiger charge is -2.28. The van der Waals surface area contributed by atoms with Gasteiger partial charge >= 0.3 is 5.76 Å². The van der Waals surface area contributed by atoms with Gasteiger partial charge in [-0.3, -0.25) is 9.69 Å². The van der Waals surface area contributed by atoms with Crippen LogP contribution >= 0.6 is 0 Å². The second-order valence-corrected chi connectivity index (χ2v) is 8.78. The smallest absolute Gasteiger partial charge is 0.424 e. The summed E-state index contributed by atoms with van der Waals surface area (Å²) in [6.45, 7) is 0.221. The molecule has 3 aromatic carbocycles. The highest BCUT2D eigenvalue weighted by molar-refractivity contribution is 6.10. The number of carbonyl (C=O) groups excluding carboxylic acids is 1. The van der Waals surface area contributed by atoms with E-state index in [-0.39, 0.29) is 24.0 Å². The Balaban J connectivity index is 1.45. The van der Waals surface area contributed by atoms with Crippen molar-refractivity contribution in [1.29, 1.82) is 0 Å². The Morgan fingerprint density at radius 3 is 2.50 bits per heavy atom. The minimum atomic E-state index is -0.767. The second-order valence-electron chi connectivity index (χ2n) is 8.78. The van der Waals surface area contributed by atoms with Gasteiger partial charge in [-0.1, -0.05) is 48.5 Å². The molecule has 5 aromatic rings. The molecule has 1 atom stereocenters. The van der Waals surface area contributed by atoms with Crippen molar-refractivity contribution in [2.45, 2.75) is 19.1 Å². The lowest BCUT2D eigenvalue weighted by molar-refractivity contribution is -0.257. The van der Waals surface area contributed by atoms with Crippen molar-refractivity contribution in [1.82, 2.24) is 9.30 Å². The summed E-state index contributed by atoms with van der Waals surface area (Å²) in [5.41, 5.74) is 3.74. The summed E-state index contributed by atoms with van der Waals surface area (Å²) in [6.07, 6.45) is 0.894. The average Bonchev–Trinajstić information content (AvgIpc) is 3.53. The maximum atomic E-state index is 13.5. The Morgan fingerprint density at radius 1 is 0.889 bits per heavy atom. The number of carbonyl (C=O) groups is 1. The van der Waals surface area contributed by atoms with E-state index >= 15 is 0 Å². The van der Waals surface area contributed by atoms with Crippen molar-refractivity contribution < 1.29 is 19.0 Å². The van der Waals surface area contributed by atoms with E-state index in [1.54, 1.807) is 42.5 Å². The third-order valence-electron chi connectivity index (χ3n) is 6.72. The molecule has 0 N–H and O–H groups in total. The maximum absolute atomic E-state index is 13.5. The predicted octanol–water partition coefficient (Wildman–Crippen LogP) is 4.50. The van der Waals surface area contributed by atoms with Gasteiger partial charge in [-0.25, -0.2) is 9.36 Å². The van der Waals surface area contributed by atoms with E-state index in [1.165, 1.54) is 15.7 Å². The number of amides is 1. The number of oxazole rings is 1. The molecule has 0 spiro atoms. The summed E-state index contributed by atoms with van der Waals surface area (Å²) < 4.78 is 7.39. The van der Waals surface area contributed by atoms with Gasteiger partial charge in [-0.05, 0) is 29.8 Å². The zero-order valence-electron chi connectivity index (χ0n) is 18.8. The first-order valence-electron chi connectivity index (χ1n) is 11.4. The largest absolute Gasteiger partial charge is 0.805 e. The van der Waals surface area contributed by atoms with Gasteiger partial charge in [0, 0.05) is 23.7 Å². The number of aromatic nitrogens is 2. The van der Waals surface area contributed by atoms with Crippen molar-refractivity contribution in [3.8, 4) is 11.4 Å². The molecule has 1 amide bonds. The topological polar surface area (TPSA) is 102 Å². The molecule has 4 heterocycles. The molecular formula is C27H18N3O6-. The third-order valence-corrected chi connectivity index (χ3v) is 6.72. The van der Waals surface area contributed by atoms with Crippen molar-refractivity contribution in [3.05, 3.63) is 117 Å². The Kier molecular flexibility index (Phi) is 4.36. The fourth-order valence-electron chi connectivity index (χ4n) is 5.09. The molecule has 178 valence electrons. The van der Waals surface area contributed by atoms with Crippen LogP contribution in [0.25, 0.3) is 16.8 Å². The number of para-hydroxylation sites is 3. The lowest BCUT2D eigenvalue weighted by Crippen LogP contribution is -2.28. The zero-order chi connectivity index (χ0) is 24.4. The lowest BCUT2D eigenvalue weighted by atomic mass is 10.00. The van der Waals surface area contributed by atoms with Crippen LogP contribution in [0.3, 0.4) is 0 Å². The Morgan fingerprint density at radius 2 is 1.64 bits per heavy atom. The van der Waals surface area contributed by atoms with E-state index in [2.05, 4.69) is 0 Å². The van der Waals surface area contributed by atoms with Crippen LogP contribution in [0, 0.1) is 5.21 Å². The van der Waals surface area contributed by atoms with Crippen molar-refractivity contribution in [2.75, 3.05) is 4.90 Å². The molecule has 0 aliphatic carbocycles. The van der Waals surface area contributed by atoms with E-state index in [9.17, 15) is 14.8 Å². The molecule has 1 unspecified atom stereocenters. The molecule has 0 saturated carbocycles. The predicted molar refractivity (Wildman–Crippen MR) is 130 cm³/mol. The summed E-state index contributed by atoms with van der Waals surface area (Å²) in [7, 11) is 0. The molecule has 2 aliphatic rings. The molecular weight excluding hydrogens is 462 g/mol. The molecule has 0 radical (unpaired) electrons. The van der Waals surface area contributed by atoms with Gasteiger partial charge in [0.05, 0.1) is 23.3 Å². The number of benzene rings is 3.